The summed E-state index contributed by atoms with van der Waals surface area (Å²) in [4.78, 5) is 0. The first-order valence-corrected chi connectivity index (χ1v) is 16.1. The van der Waals surface area contributed by atoms with Crippen LogP contribution in [0.15, 0.2) is 170 Å². The minimum absolute atomic E-state index is 0.581. The van der Waals surface area contributed by atoms with Gasteiger partial charge in [-0.15, -0.1) is 0 Å². The van der Waals surface area contributed by atoms with E-state index in [2.05, 4.69) is 173 Å². The Kier molecular flexibility index (Phi) is 6.36. The number of benzene rings is 7. The third kappa shape index (κ3) is 4.55. The standard InChI is InChI=1S/C44H31N3/c45-40(27-30-12-11-15-33(26-30)31-13-3-1-4-14-31)32-22-24-35(25-23-32)47-42-21-10-8-19-37(42)39-28-38-36-18-7-9-20-41(36)46(43(38)29-44(39)47)34-16-5-2-6-17-34/h1-26,28-29,45H,27H2. The van der Waals surface area contributed by atoms with E-state index in [1.165, 1.54) is 54.7 Å². The summed E-state index contributed by atoms with van der Waals surface area (Å²) in [7, 11) is 0. The van der Waals surface area contributed by atoms with Gasteiger partial charge in [0, 0.05) is 45.1 Å². The maximum absolute atomic E-state index is 8.99. The van der Waals surface area contributed by atoms with Crippen molar-refractivity contribution in [3.05, 3.63) is 181 Å². The van der Waals surface area contributed by atoms with Gasteiger partial charge in [-0.3, -0.25) is 0 Å². The Balaban J connectivity index is 1.15. The summed E-state index contributed by atoms with van der Waals surface area (Å²) in [6, 6.07) is 60.2. The number of fused-ring (bicyclic) bond motifs is 6. The predicted molar refractivity (Wildman–Crippen MR) is 198 cm³/mol. The Morgan fingerprint density at radius 3 is 1.57 bits per heavy atom. The zero-order valence-electron chi connectivity index (χ0n) is 25.8. The van der Waals surface area contributed by atoms with Crippen LogP contribution in [0.4, 0.5) is 0 Å². The van der Waals surface area contributed by atoms with Crippen molar-refractivity contribution in [1.29, 1.82) is 5.41 Å². The number of hydrogen-bond acceptors (Lipinski definition) is 1. The average Bonchev–Trinajstić information content (AvgIpc) is 3.63. The van der Waals surface area contributed by atoms with Gasteiger partial charge in [-0.25, -0.2) is 0 Å². The molecule has 0 saturated heterocycles. The Hall–Kier alpha value is -6.19. The van der Waals surface area contributed by atoms with Crippen molar-refractivity contribution >= 4 is 49.3 Å². The third-order valence-electron chi connectivity index (χ3n) is 9.37. The molecule has 0 spiro atoms. The summed E-state index contributed by atoms with van der Waals surface area (Å²) in [5.41, 5.74) is 12.0. The molecule has 9 rings (SSSR count). The van der Waals surface area contributed by atoms with Crippen LogP contribution in [0.1, 0.15) is 11.1 Å². The second kappa shape index (κ2) is 11.0. The van der Waals surface area contributed by atoms with Crippen LogP contribution in [0.3, 0.4) is 0 Å². The van der Waals surface area contributed by atoms with E-state index in [-0.39, 0.29) is 0 Å². The summed E-state index contributed by atoms with van der Waals surface area (Å²) in [6.07, 6.45) is 0.581. The molecule has 0 atom stereocenters. The maximum Gasteiger partial charge on any atom is 0.0562 e. The lowest BCUT2D eigenvalue weighted by molar-refractivity contribution is 1.16. The second-order valence-electron chi connectivity index (χ2n) is 12.2. The lowest BCUT2D eigenvalue weighted by Crippen LogP contribution is -2.04. The predicted octanol–water partition coefficient (Wildman–Crippen LogP) is 11.2. The van der Waals surface area contributed by atoms with Gasteiger partial charge in [0.15, 0.2) is 0 Å². The number of nitrogens with zero attached hydrogens (tertiary/aromatic N) is 2. The van der Waals surface area contributed by atoms with Gasteiger partial charge in [-0.1, -0.05) is 121 Å². The SMILES string of the molecule is N=C(Cc1cccc(-c2ccccc2)c1)c1ccc(-n2c3ccccc3c3cc4c5ccccc5n(-c5ccccc5)c4cc32)cc1. The van der Waals surface area contributed by atoms with E-state index in [4.69, 9.17) is 5.41 Å². The van der Waals surface area contributed by atoms with Gasteiger partial charge < -0.3 is 14.5 Å². The minimum atomic E-state index is 0.581. The summed E-state index contributed by atoms with van der Waals surface area (Å²) in [6.45, 7) is 0. The Morgan fingerprint density at radius 1 is 0.404 bits per heavy atom. The molecule has 222 valence electrons. The number of aromatic nitrogens is 2. The van der Waals surface area contributed by atoms with Gasteiger partial charge in [-0.2, -0.15) is 0 Å². The highest BCUT2D eigenvalue weighted by Gasteiger charge is 2.18. The average molecular weight is 602 g/mol. The van der Waals surface area contributed by atoms with E-state index in [0.717, 1.165) is 22.5 Å². The fourth-order valence-electron chi connectivity index (χ4n) is 7.17. The number of hydrogen-bond donors (Lipinski definition) is 1. The molecule has 0 saturated carbocycles. The van der Waals surface area contributed by atoms with Crippen LogP contribution in [0.5, 0.6) is 0 Å². The molecule has 2 heterocycles. The fourth-order valence-corrected chi connectivity index (χ4v) is 7.17. The quantitative estimate of drug-likeness (QED) is 0.184. The van der Waals surface area contributed by atoms with Crippen molar-refractivity contribution in [3.8, 4) is 22.5 Å². The highest BCUT2D eigenvalue weighted by atomic mass is 15.0. The van der Waals surface area contributed by atoms with Gasteiger partial charge in [0.25, 0.3) is 0 Å². The largest absolute Gasteiger partial charge is 0.309 e. The number of rotatable bonds is 6. The molecule has 0 aliphatic heterocycles. The highest BCUT2D eigenvalue weighted by Crippen LogP contribution is 2.39. The van der Waals surface area contributed by atoms with E-state index >= 15 is 0 Å². The van der Waals surface area contributed by atoms with Gasteiger partial charge in [0.2, 0.25) is 0 Å². The molecule has 0 aliphatic carbocycles. The van der Waals surface area contributed by atoms with Crippen molar-refractivity contribution in [2.45, 2.75) is 6.42 Å². The summed E-state index contributed by atoms with van der Waals surface area (Å²) in [5, 5.41) is 14.0. The second-order valence-corrected chi connectivity index (χ2v) is 12.2. The Bertz CT molecular complexity index is 2590. The maximum atomic E-state index is 8.99. The number of para-hydroxylation sites is 3. The molecule has 2 aromatic heterocycles. The molecule has 3 heteroatoms. The molecular formula is C44H31N3. The van der Waals surface area contributed by atoms with Crippen LogP contribution >= 0.6 is 0 Å². The normalized spacial score (nSPS) is 11.6. The van der Waals surface area contributed by atoms with Crippen molar-refractivity contribution in [1.82, 2.24) is 9.13 Å². The molecule has 3 nitrogen and oxygen atoms in total. The zero-order chi connectivity index (χ0) is 31.3. The van der Waals surface area contributed by atoms with Crippen LogP contribution in [0.25, 0.3) is 66.1 Å². The highest BCUT2D eigenvalue weighted by molar-refractivity contribution is 6.19. The molecule has 0 aliphatic rings. The van der Waals surface area contributed by atoms with Crippen LogP contribution < -0.4 is 0 Å². The number of nitrogens with one attached hydrogen (secondary N) is 1. The van der Waals surface area contributed by atoms with E-state index in [9.17, 15) is 0 Å². The summed E-state index contributed by atoms with van der Waals surface area (Å²) in [5.74, 6) is 0. The molecular weight excluding hydrogens is 571 g/mol. The summed E-state index contributed by atoms with van der Waals surface area (Å²) < 4.78 is 4.75. The monoisotopic (exact) mass is 601 g/mol. The molecule has 47 heavy (non-hydrogen) atoms. The fraction of sp³-hybridized carbons (Fsp3) is 0.0227. The molecule has 0 amide bonds. The Morgan fingerprint density at radius 2 is 0.936 bits per heavy atom. The first-order chi connectivity index (χ1) is 23.2. The topological polar surface area (TPSA) is 33.7 Å². The van der Waals surface area contributed by atoms with Gasteiger partial charge in [-0.05, 0) is 70.8 Å². The van der Waals surface area contributed by atoms with Crippen molar-refractivity contribution in [3.63, 3.8) is 0 Å². The van der Waals surface area contributed by atoms with Crippen molar-refractivity contribution < 1.29 is 0 Å². The van der Waals surface area contributed by atoms with Gasteiger partial charge in [0.05, 0.1) is 22.1 Å². The van der Waals surface area contributed by atoms with E-state index in [0.29, 0.717) is 12.1 Å². The zero-order valence-corrected chi connectivity index (χ0v) is 25.8. The first kappa shape index (κ1) is 27.1. The van der Waals surface area contributed by atoms with E-state index in [1.807, 2.05) is 6.07 Å². The molecule has 0 unspecified atom stereocenters. The van der Waals surface area contributed by atoms with Crippen LogP contribution in [0, 0.1) is 5.41 Å². The van der Waals surface area contributed by atoms with E-state index in [1.54, 1.807) is 0 Å². The lowest BCUT2D eigenvalue weighted by atomic mass is 9.98. The molecule has 9 aromatic rings. The minimum Gasteiger partial charge on any atom is -0.309 e. The molecule has 0 fully saturated rings. The smallest absolute Gasteiger partial charge is 0.0562 e. The van der Waals surface area contributed by atoms with Crippen molar-refractivity contribution in [2.75, 3.05) is 0 Å². The third-order valence-corrected chi connectivity index (χ3v) is 9.37. The van der Waals surface area contributed by atoms with Crippen LogP contribution in [-0.2, 0) is 6.42 Å². The Labute approximate surface area is 273 Å². The first-order valence-electron chi connectivity index (χ1n) is 16.1. The molecule has 0 radical (unpaired) electrons. The molecule has 7 aromatic carbocycles. The molecule has 1 N–H and O–H groups in total. The van der Waals surface area contributed by atoms with Crippen molar-refractivity contribution in [2.24, 2.45) is 0 Å². The van der Waals surface area contributed by atoms with Crippen LogP contribution in [-0.4, -0.2) is 14.8 Å². The van der Waals surface area contributed by atoms with E-state index < -0.39 is 0 Å². The lowest BCUT2D eigenvalue weighted by Gasteiger charge is -2.11. The van der Waals surface area contributed by atoms with Crippen LogP contribution in [0.2, 0.25) is 0 Å². The molecule has 0 bridgehead atoms. The van der Waals surface area contributed by atoms with Gasteiger partial charge >= 0.3 is 0 Å². The van der Waals surface area contributed by atoms with Gasteiger partial charge in [0.1, 0.15) is 0 Å². The summed E-state index contributed by atoms with van der Waals surface area (Å²) >= 11 is 0.